The Labute approximate surface area is 231 Å². The van der Waals surface area contributed by atoms with Crippen LogP contribution in [0, 0.1) is 0 Å². The van der Waals surface area contributed by atoms with Crippen LogP contribution in [-0.4, -0.2) is 28.3 Å². The Balaban J connectivity index is 1.70. The quantitative estimate of drug-likeness (QED) is 0.289. The van der Waals surface area contributed by atoms with Gasteiger partial charge in [-0.05, 0) is 56.5 Å². The van der Waals surface area contributed by atoms with E-state index in [9.17, 15) is 26.4 Å². The van der Waals surface area contributed by atoms with Crippen molar-refractivity contribution in [2.24, 2.45) is 0 Å². The number of nitrogens with one attached hydrogen (secondary N) is 1. The molecule has 0 amide bonds. The molecule has 0 aliphatic carbocycles. The molecule has 0 saturated heterocycles. The van der Waals surface area contributed by atoms with Crippen LogP contribution in [0.1, 0.15) is 51.1 Å². The van der Waals surface area contributed by atoms with Crippen LogP contribution in [0.2, 0.25) is 0 Å². The van der Waals surface area contributed by atoms with Crippen LogP contribution in [0.4, 0.5) is 13.2 Å². The number of hydrogen-bond donors (Lipinski definition) is 1. The number of nitrogens with zero attached hydrogens (tertiary/aromatic N) is 3. The Morgan fingerprint density at radius 3 is 2.15 bits per heavy atom. The maximum absolute atomic E-state index is 13.6. The molecule has 0 radical (unpaired) electrons. The zero-order chi connectivity index (χ0) is 29.3. The van der Waals surface area contributed by atoms with Gasteiger partial charge in [0.25, 0.3) is 0 Å². The number of aryl methyl sites for hydroxylation is 1. The van der Waals surface area contributed by atoms with E-state index in [1.54, 1.807) is 69.3 Å². The van der Waals surface area contributed by atoms with Gasteiger partial charge >= 0.3 is 11.9 Å². The standard InChI is InChI=1S/C29H31F3N4O3S/c1-5-10-26-33-36(24-13-8-7-12-23(24)29(30,31)32)27(37)35(26)19-20-15-17-21(18-16-20)22-11-6-9-14-25(22)40(38,39)34-28(2,3)4/h6-9,11-18,34H,5,10,19H2,1-4H3. The van der Waals surface area contributed by atoms with Crippen molar-refractivity contribution >= 4 is 10.0 Å². The fourth-order valence-corrected chi connectivity index (χ4v) is 6.08. The second-order valence-corrected chi connectivity index (χ2v) is 12.2. The van der Waals surface area contributed by atoms with Crippen molar-refractivity contribution < 1.29 is 21.6 Å². The van der Waals surface area contributed by atoms with Gasteiger partial charge < -0.3 is 0 Å². The highest BCUT2D eigenvalue weighted by Gasteiger charge is 2.35. The van der Waals surface area contributed by atoms with Gasteiger partial charge in [0, 0.05) is 17.5 Å². The average molecular weight is 573 g/mol. The summed E-state index contributed by atoms with van der Waals surface area (Å²) in [4.78, 5) is 13.5. The van der Waals surface area contributed by atoms with Crippen molar-refractivity contribution in [2.45, 2.75) is 63.7 Å². The summed E-state index contributed by atoms with van der Waals surface area (Å²) in [5, 5.41) is 4.27. The van der Waals surface area contributed by atoms with E-state index in [1.165, 1.54) is 22.8 Å². The molecule has 1 aromatic heterocycles. The van der Waals surface area contributed by atoms with Crippen LogP contribution in [0.25, 0.3) is 16.8 Å². The zero-order valence-corrected chi connectivity index (χ0v) is 23.5. The first-order valence-electron chi connectivity index (χ1n) is 12.8. The van der Waals surface area contributed by atoms with E-state index in [0.717, 1.165) is 10.7 Å². The predicted molar refractivity (Wildman–Crippen MR) is 148 cm³/mol. The van der Waals surface area contributed by atoms with Gasteiger partial charge in [0.2, 0.25) is 10.0 Å². The minimum Gasteiger partial charge on any atom is -0.274 e. The topological polar surface area (TPSA) is 86.0 Å². The van der Waals surface area contributed by atoms with Gasteiger partial charge in [0.1, 0.15) is 5.82 Å². The third kappa shape index (κ3) is 6.37. The fraction of sp³-hybridized carbons (Fsp3) is 0.310. The SMILES string of the molecule is CCCc1nn(-c2ccccc2C(F)(F)F)c(=O)n1Cc1ccc(-c2ccccc2S(=O)(=O)NC(C)(C)C)cc1. The molecule has 212 valence electrons. The third-order valence-electron chi connectivity index (χ3n) is 6.07. The van der Waals surface area contributed by atoms with E-state index in [4.69, 9.17) is 0 Å². The van der Waals surface area contributed by atoms with Crippen LogP contribution in [0.15, 0.2) is 82.5 Å². The number of para-hydroxylation sites is 1. The first-order chi connectivity index (χ1) is 18.7. The molecule has 11 heteroatoms. The van der Waals surface area contributed by atoms with Crippen LogP contribution < -0.4 is 10.4 Å². The summed E-state index contributed by atoms with van der Waals surface area (Å²) in [6.07, 6.45) is -3.60. The molecule has 1 heterocycles. The molecule has 0 aliphatic heterocycles. The van der Waals surface area contributed by atoms with Crippen molar-refractivity contribution in [2.75, 3.05) is 0 Å². The lowest BCUT2D eigenvalue weighted by atomic mass is 10.0. The Kier molecular flexibility index (Phi) is 8.09. The number of sulfonamides is 1. The van der Waals surface area contributed by atoms with Gasteiger partial charge in [0.05, 0.1) is 22.7 Å². The lowest BCUT2D eigenvalue weighted by Gasteiger charge is -2.21. The monoisotopic (exact) mass is 572 g/mol. The van der Waals surface area contributed by atoms with Crippen LogP contribution >= 0.6 is 0 Å². The summed E-state index contributed by atoms with van der Waals surface area (Å²) in [6, 6.07) is 18.6. The van der Waals surface area contributed by atoms with E-state index < -0.39 is 33.0 Å². The van der Waals surface area contributed by atoms with Gasteiger partial charge in [-0.15, -0.1) is 5.10 Å². The molecule has 7 nitrogen and oxygen atoms in total. The van der Waals surface area contributed by atoms with Gasteiger partial charge in [-0.25, -0.2) is 17.9 Å². The molecule has 0 aliphatic rings. The van der Waals surface area contributed by atoms with Crippen molar-refractivity contribution in [3.05, 3.63) is 100 Å². The highest BCUT2D eigenvalue weighted by atomic mass is 32.2. The Morgan fingerprint density at radius 1 is 0.900 bits per heavy atom. The second-order valence-electron chi connectivity index (χ2n) is 10.5. The average Bonchev–Trinajstić information content (AvgIpc) is 3.17. The molecule has 0 spiro atoms. The number of hydrogen-bond acceptors (Lipinski definition) is 4. The normalized spacial score (nSPS) is 12.6. The van der Waals surface area contributed by atoms with Crippen LogP contribution in [-0.2, 0) is 29.2 Å². The first kappa shape index (κ1) is 29.3. The zero-order valence-electron chi connectivity index (χ0n) is 22.7. The minimum atomic E-state index is -4.65. The first-order valence-corrected chi connectivity index (χ1v) is 14.3. The molecule has 0 fully saturated rings. The van der Waals surface area contributed by atoms with Crippen molar-refractivity contribution in [1.29, 1.82) is 0 Å². The molecule has 0 saturated carbocycles. The summed E-state index contributed by atoms with van der Waals surface area (Å²) >= 11 is 0. The molecule has 0 bridgehead atoms. The molecule has 3 aromatic carbocycles. The second kappa shape index (κ2) is 11.1. The Hall–Kier alpha value is -3.70. The highest BCUT2D eigenvalue weighted by molar-refractivity contribution is 7.89. The molecule has 4 aromatic rings. The molecule has 0 unspecified atom stereocenters. The number of halogens is 3. The number of aromatic nitrogens is 3. The van der Waals surface area contributed by atoms with Gasteiger partial charge in [-0.1, -0.05) is 61.5 Å². The van der Waals surface area contributed by atoms with Crippen molar-refractivity contribution in [3.8, 4) is 16.8 Å². The van der Waals surface area contributed by atoms with Crippen LogP contribution in [0.3, 0.4) is 0 Å². The fourth-order valence-electron chi connectivity index (χ4n) is 4.43. The van der Waals surface area contributed by atoms with E-state index in [2.05, 4.69) is 9.82 Å². The summed E-state index contributed by atoms with van der Waals surface area (Å²) < 4.78 is 71.9. The van der Waals surface area contributed by atoms with Crippen LogP contribution in [0.5, 0.6) is 0 Å². The number of benzene rings is 3. The summed E-state index contributed by atoms with van der Waals surface area (Å²) in [7, 11) is -3.80. The summed E-state index contributed by atoms with van der Waals surface area (Å²) in [6.45, 7) is 7.28. The van der Waals surface area contributed by atoms with Gasteiger partial charge in [-0.3, -0.25) is 4.57 Å². The smallest absolute Gasteiger partial charge is 0.274 e. The van der Waals surface area contributed by atoms with Crippen molar-refractivity contribution in [1.82, 2.24) is 19.1 Å². The molecule has 0 atom stereocenters. The van der Waals surface area contributed by atoms with Gasteiger partial charge in [0.15, 0.2) is 0 Å². The maximum atomic E-state index is 13.6. The number of rotatable bonds is 8. The number of alkyl halides is 3. The van der Waals surface area contributed by atoms with E-state index in [0.29, 0.717) is 35.4 Å². The van der Waals surface area contributed by atoms with Gasteiger partial charge in [-0.2, -0.15) is 17.9 Å². The lowest BCUT2D eigenvalue weighted by Crippen LogP contribution is -2.40. The highest BCUT2D eigenvalue weighted by Crippen LogP contribution is 2.33. The molecule has 4 rings (SSSR count). The summed E-state index contributed by atoms with van der Waals surface area (Å²) in [5.74, 6) is 0.373. The molecule has 40 heavy (non-hydrogen) atoms. The molecule has 1 N–H and O–H groups in total. The maximum Gasteiger partial charge on any atom is 0.418 e. The van der Waals surface area contributed by atoms with E-state index >= 15 is 0 Å². The van der Waals surface area contributed by atoms with Crippen molar-refractivity contribution in [3.63, 3.8) is 0 Å². The van der Waals surface area contributed by atoms with E-state index in [-0.39, 0.29) is 17.1 Å². The predicted octanol–water partition coefficient (Wildman–Crippen LogP) is 5.80. The minimum absolute atomic E-state index is 0.0914. The Morgan fingerprint density at radius 2 is 1.52 bits per heavy atom. The summed E-state index contributed by atoms with van der Waals surface area (Å²) in [5.41, 5.74) is -0.712. The lowest BCUT2D eigenvalue weighted by molar-refractivity contribution is -0.137. The Bertz CT molecular complexity index is 1670. The third-order valence-corrected chi connectivity index (χ3v) is 7.89. The largest absolute Gasteiger partial charge is 0.418 e. The molecular weight excluding hydrogens is 541 g/mol. The van der Waals surface area contributed by atoms with E-state index in [1.807, 2.05) is 6.92 Å². The molecular formula is C29H31F3N4O3S.